The largest absolute Gasteiger partial charge is 0.457 e. The van der Waals surface area contributed by atoms with Crippen molar-refractivity contribution < 1.29 is 9.13 Å². The highest BCUT2D eigenvalue weighted by molar-refractivity contribution is 5.77. The van der Waals surface area contributed by atoms with Gasteiger partial charge in [0.1, 0.15) is 11.4 Å². The van der Waals surface area contributed by atoms with Crippen molar-refractivity contribution >= 4 is 6.02 Å². The van der Waals surface area contributed by atoms with Crippen molar-refractivity contribution in [3.05, 3.63) is 70.5 Å². The molecule has 0 amide bonds. The maximum atomic E-state index is 13.9. The number of piperidine rings is 3. The van der Waals surface area contributed by atoms with Gasteiger partial charge in [0, 0.05) is 32.0 Å². The van der Waals surface area contributed by atoms with E-state index in [4.69, 9.17) is 9.73 Å². The zero-order valence-electron chi connectivity index (χ0n) is 20.6. The fraction of sp³-hybridized carbons (Fsp3) is 0.567. The van der Waals surface area contributed by atoms with Crippen LogP contribution in [0.4, 0.5) is 4.39 Å². The smallest absolute Gasteiger partial charge is 0.288 e. The highest BCUT2D eigenvalue weighted by Gasteiger charge is 2.51. The van der Waals surface area contributed by atoms with E-state index in [-0.39, 0.29) is 17.5 Å². The quantitative estimate of drug-likeness (QED) is 0.562. The van der Waals surface area contributed by atoms with Gasteiger partial charge in [-0.1, -0.05) is 43.2 Å². The molecule has 2 aromatic carbocycles. The van der Waals surface area contributed by atoms with Gasteiger partial charge in [-0.25, -0.2) is 9.38 Å². The van der Waals surface area contributed by atoms with E-state index in [2.05, 4.69) is 28.0 Å². The molecule has 6 aliphatic rings. The zero-order valence-corrected chi connectivity index (χ0v) is 20.6. The molecule has 1 saturated carbocycles. The number of ether oxygens (including phenoxy) is 1. The second kappa shape index (κ2) is 8.62. The molecule has 1 spiro atoms. The molecule has 0 N–H and O–H groups in total. The lowest BCUT2D eigenvalue weighted by Crippen LogP contribution is -2.63. The number of aliphatic imine (C=N–C) groups is 1. The van der Waals surface area contributed by atoms with E-state index in [1.54, 1.807) is 12.1 Å². The minimum atomic E-state index is -0.189. The average Bonchev–Trinajstić information content (AvgIpc) is 3.44. The summed E-state index contributed by atoms with van der Waals surface area (Å²) in [6.45, 7) is 5.17. The van der Waals surface area contributed by atoms with E-state index in [1.165, 1.54) is 68.3 Å². The SMILES string of the molecule is Fc1ccc([C@H]2c3ccc(C4CCCC4)cc3CCN2C2=NCC[C@]3(CN4CCC3CC4)O2)cc1. The van der Waals surface area contributed by atoms with Crippen LogP contribution in [0.5, 0.6) is 0 Å². The molecule has 2 atom stereocenters. The fourth-order valence-electron chi connectivity index (χ4n) is 7.65. The lowest BCUT2D eigenvalue weighted by Gasteiger charge is -2.55. The normalized spacial score (nSPS) is 32.4. The molecule has 4 nitrogen and oxygen atoms in total. The first-order chi connectivity index (χ1) is 17.2. The average molecular weight is 474 g/mol. The van der Waals surface area contributed by atoms with Gasteiger partial charge in [0.15, 0.2) is 0 Å². The van der Waals surface area contributed by atoms with Gasteiger partial charge in [0.2, 0.25) is 0 Å². The van der Waals surface area contributed by atoms with Gasteiger partial charge in [-0.05, 0) is 85.5 Å². The van der Waals surface area contributed by atoms with Crippen LogP contribution in [0.2, 0.25) is 0 Å². The van der Waals surface area contributed by atoms with Crippen LogP contribution in [0.3, 0.4) is 0 Å². The molecular weight excluding hydrogens is 437 g/mol. The van der Waals surface area contributed by atoms with Crippen molar-refractivity contribution in [1.82, 2.24) is 9.80 Å². The molecule has 5 aliphatic heterocycles. The van der Waals surface area contributed by atoms with Crippen molar-refractivity contribution in [2.24, 2.45) is 10.9 Å². The summed E-state index contributed by atoms with van der Waals surface area (Å²) in [5.74, 6) is 1.16. The predicted octanol–water partition coefficient (Wildman–Crippen LogP) is 5.67. The Morgan fingerprint density at radius 3 is 2.43 bits per heavy atom. The first-order valence-corrected chi connectivity index (χ1v) is 13.8. The van der Waals surface area contributed by atoms with Crippen molar-refractivity contribution in [3.63, 3.8) is 0 Å². The predicted molar refractivity (Wildman–Crippen MR) is 136 cm³/mol. The Labute approximate surface area is 208 Å². The molecule has 3 saturated heterocycles. The van der Waals surface area contributed by atoms with Crippen LogP contribution in [0.25, 0.3) is 0 Å². The molecule has 35 heavy (non-hydrogen) atoms. The number of fused-ring (bicyclic) bond motifs is 3. The summed E-state index contributed by atoms with van der Waals surface area (Å²) >= 11 is 0. The molecule has 0 unspecified atom stereocenters. The molecule has 5 heterocycles. The number of nitrogens with zero attached hydrogens (tertiary/aromatic N) is 3. The summed E-state index contributed by atoms with van der Waals surface area (Å²) in [5.41, 5.74) is 5.29. The molecule has 4 fully saturated rings. The molecule has 2 aromatic rings. The van der Waals surface area contributed by atoms with Crippen molar-refractivity contribution in [1.29, 1.82) is 0 Å². The molecule has 0 radical (unpaired) electrons. The summed E-state index contributed by atoms with van der Waals surface area (Å²) in [5, 5.41) is 0. The Hall–Kier alpha value is -2.40. The number of halogens is 1. The van der Waals surface area contributed by atoms with Gasteiger partial charge in [-0.3, -0.25) is 4.90 Å². The van der Waals surface area contributed by atoms with Crippen LogP contribution in [0.15, 0.2) is 47.5 Å². The molecule has 5 heteroatoms. The summed E-state index contributed by atoms with van der Waals surface area (Å²) in [4.78, 5) is 9.92. The Kier molecular flexibility index (Phi) is 5.38. The van der Waals surface area contributed by atoms with Crippen LogP contribution in [0, 0.1) is 11.7 Å². The van der Waals surface area contributed by atoms with Gasteiger partial charge in [0.25, 0.3) is 6.02 Å². The van der Waals surface area contributed by atoms with Crippen molar-refractivity contribution in [2.45, 2.75) is 68.9 Å². The Morgan fingerprint density at radius 2 is 1.69 bits per heavy atom. The number of hydrogen-bond acceptors (Lipinski definition) is 4. The van der Waals surface area contributed by atoms with Crippen molar-refractivity contribution in [2.75, 3.05) is 32.7 Å². The molecule has 2 bridgehead atoms. The monoisotopic (exact) mass is 473 g/mol. The van der Waals surface area contributed by atoms with Crippen LogP contribution in [0.1, 0.15) is 79.2 Å². The highest BCUT2D eigenvalue weighted by Crippen LogP contribution is 2.45. The summed E-state index contributed by atoms with van der Waals surface area (Å²) in [6, 6.07) is 15.1. The van der Waals surface area contributed by atoms with E-state index in [9.17, 15) is 4.39 Å². The number of rotatable bonds is 2. The Morgan fingerprint density at radius 1 is 0.914 bits per heavy atom. The fourth-order valence-corrected chi connectivity index (χ4v) is 7.65. The lowest BCUT2D eigenvalue weighted by molar-refractivity contribution is -0.118. The third kappa shape index (κ3) is 3.78. The van der Waals surface area contributed by atoms with E-state index in [0.717, 1.165) is 44.1 Å². The summed E-state index contributed by atoms with van der Waals surface area (Å²) < 4.78 is 20.8. The van der Waals surface area contributed by atoms with E-state index < -0.39 is 0 Å². The second-order valence-electron chi connectivity index (χ2n) is 11.5. The molecule has 1 aliphatic carbocycles. The van der Waals surface area contributed by atoms with Gasteiger partial charge in [0.05, 0.1) is 6.04 Å². The van der Waals surface area contributed by atoms with E-state index in [1.807, 2.05) is 12.1 Å². The van der Waals surface area contributed by atoms with Gasteiger partial charge in [-0.15, -0.1) is 0 Å². The Balaban J connectivity index is 1.25. The summed E-state index contributed by atoms with van der Waals surface area (Å²) in [7, 11) is 0. The highest BCUT2D eigenvalue weighted by atomic mass is 19.1. The first kappa shape index (κ1) is 21.8. The topological polar surface area (TPSA) is 28.1 Å². The van der Waals surface area contributed by atoms with Gasteiger partial charge in [-0.2, -0.15) is 0 Å². The van der Waals surface area contributed by atoms with Gasteiger partial charge < -0.3 is 9.64 Å². The third-order valence-corrected chi connectivity index (χ3v) is 9.55. The van der Waals surface area contributed by atoms with E-state index in [0.29, 0.717) is 11.8 Å². The van der Waals surface area contributed by atoms with Crippen molar-refractivity contribution in [3.8, 4) is 0 Å². The molecular formula is C30H36FN3O. The van der Waals surface area contributed by atoms with Crippen LogP contribution >= 0.6 is 0 Å². The zero-order chi connectivity index (χ0) is 23.4. The summed E-state index contributed by atoms with van der Waals surface area (Å²) in [6.07, 6.45) is 9.83. The standard InChI is InChI=1S/C30H36FN3O/c31-26-8-5-22(6-9-26)28-27-10-7-23(21-3-1-2-4-21)19-24(27)11-18-34(28)29-32-15-14-30(35-29)20-33-16-12-25(30)13-17-33/h5-10,19,21,25,28H,1-4,11-18,20H2/t28-,30+/m0/s1. The van der Waals surface area contributed by atoms with Gasteiger partial charge >= 0.3 is 0 Å². The van der Waals surface area contributed by atoms with E-state index >= 15 is 0 Å². The minimum absolute atomic E-state index is 0.00645. The number of hydrogen-bond donors (Lipinski definition) is 0. The number of amidine groups is 1. The molecule has 184 valence electrons. The molecule has 8 rings (SSSR count). The maximum absolute atomic E-state index is 13.9. The third-order valence-electron chi connectivity index (χ3n) is 9.55. The first-order valence-electron chi connectivity index (χ1n) is 13.8. The molecule has 0 aromatic heterocycles. The Bertz CT molecular complexity index is 1120. The number of benzene rings is 2. The van der Waals surface area contributed by atoms with Crippen LogP contribution < -0.4 is 0 Å². The van der Waals surface area contributed by atoms with Crippen LogP contribution in [-0.2, 0) is 11.2 Å². The second-order valence-corrected chi connectivity index (χ2v) is 11.5. The van der Waals surface area contributed by atoms with Crippen LogP contribution in [-0.4, -0.2) is 54.1 Å². The minimum Gasteiger partial charge on any atom is -0.457 e. The maximum Gasteiger partial charge on any atom is 0.288 e. The lowest BCUT2D eigenvalue weighted by atomic mass is 9.73.